The highest BCUT2D eigenvalue weighted by atomic mass is 19.4. The maximum absolute atomic E-state index is 11.9. The molecule has 1 rings (SSSR count). The summed E-state index contributed by atoms with van der Waals surface area (Å²) in [5.41, 5.74) is -0.254. The first kappa shape index (κ1) is 30.2. The van der Waals surface area contributed by atoms with Crippen molar-refractivity contribution in [2.75, 3.05) is 19.8 Å². The Labute approximate surface area is 184 Å². The first-order valence-corrected chi connectivity index (χ1v) is 9.45. The number of carboxylic acids is 2. The van der Waals surface area contributed by atoms with Crippen LogP contribution >= 0.6 is 0 Å². The molecule has 9 nitrogen and oxygen atoms in total. The Kier molecular flexibility index (Phi) is 11.4. The van der Waals surface area contributed by atoms with Crippen LogP contribution in [0.15, 0.2) is 0 Å². The van der Waals surface area contributed by atoms with Crippen LogP contribution in [0.3, 0.4) is 0 Å². The summed E-state index contributed by atoms with van der Waals surface area (Å²) in [7, 11) is 0. The van der Waals surface area contributed by atoms with E-state index in [1.165, 1.54) is 4.90 Å². The SMILES string of the molecule is CC(C)(CCOCCOC(=O)C(F)(F)F)CC1CCC(C(=O)O)N1C#N.O=C(O)C(F)(F)F. The normalized spacial score (nSPS) is 18.7. The molecule has 0 aromatic carbocycles. The van der Waals surface area contributed by atoms with E-state index in [0.717, 1.165) is 0 Å². The van der Waals surface area contributed by atoms with Gasteiger partial charge < -0.3 is 19.7 Å². The van der Waals surface area contributed by atoms with Gasteiger partial charge in [0.05, 0.1) is 6.61 Å². The maximum Gasteiger partial charge on any atom is 0.490 e. The number of likely N-dealkylation sites (tertiary alicyclic amines) is 1. The number of carbonyl (C=O) groups is 3. The first-order valence-electron chi connectivity index (χ1n) is 9.45. The summed E-state index contributed by atoms with van der Waals surface area (Å²) in [6.45, 7) is 3.52. The van der Waals surface area contributed by atoms with Gasteiger partial charge in [-0.1, -0.05) is 13.8 Å². The third kappa shape index (κ3) is 11.6. The van der Waals surface area contributed by atoms with Gasteiger partial charge in [-0.25, -0.2) is 14.4 Å². The Bertz CT molecular complexity index is 719. The van der Waals surface area contributed by atoms with E-state index in [1.807, 2.05) is 20.0 Å². The summed E-state index contributed by atoms with van der Waals surface area (Å²) >= 11 is 0. The summed E-state index contributed by atoms with van der Waals surface area (Å²) in [6, 6.07) is -0.954. The third-order valence-corrected chi connectivity index (χ3v) is 4.55. The molecule has 1 aliphatic heterocycles. The van der Waals surface area contributed by atoms with Crippen LogP contribution in [0.4, 0.5) is 26.3 Å². The van der Waals surface area contributed by atoms with E-state index in [-0.39, 0.29) is 24.7 Å². The second-order valence-electron chi connectivity index (χ2n) is 7.76. The van der Waals surface area contributed by atoms with Crippen molar-refractivity contribution in [3.8, 4) is 6.19 Å². The van der Waals surface area contributed by atoms with Crippen molar-refractivity contribution < 1.29 is 60.4 Å². The number of nitriles is 1. The van der Waals surface area contributed by atoms with Gasteiger partial charge in [-0.05, 0) is 31.1 Å². The zero-order chi connectivity index (χ0) is 26.0. The lowest BCUT2D eigenvalue weighted by Crippen LogP contribution is -2.39. The molecular formula is C18H24F6N2O7. The van der Waals surface area contributed by atoms with E-state index in [1.54, 1.807) is 0 Å². The summed E-state index contributed by atoms with van der Waals surface area (Å²) < 4.78 is 76.8. The van der Waals surface area contributed by atoms with Gasteiger partial charge in [0.2, 0.25) is 0 Å². The number of alkyl halides is 6. The zero-order valence-corrected chi connectivity index (χ0v) is 17.7. The lowest BCUT2D eigenvalue weighted by Gasteiger charge is -2.31. The van der Waals surface area contributed by atoms with E-state index < -0.39 is 42.9 Å². The Balaban J connectivity index is 0.00000126. The molecule has 2 atom stereocenters. The lowest BCUT2D eigenvalue weighted by atomic mass is 9.82. The maximum atomic E-state index is 11.9. The summed E-state index contributed by atoms with van der Waals surface area (Å²) in [5, 5.41) is 25.4. The zero-order valence-electron chi connectivity index (χ0n) is 17.7. The number of hydrogen-bond donors (Lipinski definition) is 2. The van der Waals surface area contributed by atoms with Gasteiger partial charge in [0.1, 0.15) is 12.6 Å². The van der Waals surface area contributed by atoms with Crippen LogP contribution < -0.4 is 0 Å². The van der Waals surface area contributed by atoms with Gasteiger partial charge in [-0.3, -0.25) is 4.90 Å². The highest BCUT2D eigenvalue weighted by molar-refractivity contribution is 5.75. The molecule has 1 saturated heterocycles. The molecule has 0 spiro atoms. The molecule has 190 valence electrons. The fourth-order valence-corrected chi connectivity index (χ4v) is 2.94. The van der Waals surface area contributed by atoms with E-state index in [2.05, 4.69) is 4.74 Å². The van der Waals surface area contributed by atoms with Crippen molar-refractivity contribution in [1.82, 2.24) is 4.90 Å². The summed E-state index contributed by atoms with van der Waals surface area (Å²) in [5.74, 6) is -6.01. The van der Waals surface area contributed by atoms with Crippen LogP contribution in [-0.4, -0.2) is 77.3 Å². The molecule has 1 aliphatic rings. The predicted octanol–water partition coefficient (Wildman–Crippen LogP) is 2.95. The minimum Gasteiger partial charge on any atom is -0.480 e. The van der Waals surface area contributed by atoms with Crippen molar-refractivity contribution in [2.24, 2.45) is 5.41 Å². The van der Waals surface area contributed by atoms with Gasteiger partial charge >= 0.3 is 30.3 Å². The van der Waals surface area contributed by atoms with Crippen LogP contribution in [0.2, 0.25) is 0 Å². The van der Waals surface area contributed by atoms with Gasteiger partial charge in [0.15, 0.2) is 6.19 Å². The highest BCUT2D eigenvalue weighted by Crippen LogP contribution is 2.35. The quantitative estimate of drug-likeness (QED) is 0.214. The molecule has 2 N–H and O–H groups in total. The van der Waals surface area contributed by atoms with Gasteiger partial charge in [-0.15, -0.1) is 0 Å². The molecule has 1 heterocycles. The highest BCUT2D eigenvalue weighted by Gasteiger charge is 2.41. The molecule has 0 aromatic rings. The molecule has 0 radical (unpaired) electrons. The fraction of sp³-hybridized carbons (Fsp3) is 0.778. The largest absolute Gasteiger partial charge is 0.490 e. The van der Waals surface area contributed by atoms with Gasteiger partial charge in [0, 0.05) is 12.6 Å². The first-order chi connectivity index (χ1) is 14.9. The smallest absolute Gasteiger partial charge is 0.480 e. The Morgan fingerprint density at radius 3 is 1.97 bits per heavy atom. The van der Waals surface area contributed by atoms with Crippen molar-refractivity contribution in [3.63, 3.8) is 0 Å². The summed E-state index contributed by atoms with van der Waals surface area (Å²) in [4.78, 5) is 31.9. The molecule has 0 bridgehead atoms. The van der Waals surface area contributed by atoms with Crippen LogP contribution in [0, 0.1) is 16.9 Å². The second-order valence-corrected chi connectivity index (χ2v) is 7.76. The van der Waals surface area contributed by atoms with E-state index >= 15 is 0 Å². The Hall–Kier alpha value is -2.76. The predicted molar refractivity (Wildman–Crippen MR) is 96.4 cm³/mol. The van der Waals surface area contributed by atoms with Crippen LogP contribution in [-0.2, 0) is 23.9 Å². The number of rotatable bonds is 9. The second kappa shape index (κ2) is 12.5. The fourth-order valence-electron chi connectivity index (χ4n) is 2.94. The number of esters is 1. The van der Waals surface area contributed by atoms with E-state index in [4.69, 9.17) is 19.7 Å². The molecule has 0 amide bonds. The Morgan fingerprint density at radius 1 is 1.00 bits per heavy atom. The number of hydrogen-bond acceptors (Lipinski definition) is 7. The molecule has 1 fully saturated rings. The summed E-state index contributed by atoms with van der Waals surface area (Å²) in [6.07, 6.45) is -5.95. The number of aliphatic carboxylic acids is 2. The van der Waals surface area contributed by atoms with Crippen LogP contribution in [0.1, 0.15) is 39.5 Å². The lowest BCUT2D eigenvalue weighted by molar-refractivity contribution is -0.200. The molecule has 0 aliphatic carbocycles. The topological polar surface area (TPSA) is 137 Å². The number of nitrogens with zero attached hydrogens (tertiary/aromatic N) is 2. The van der Waals surface area contributed by atoms with Crippen molar-refractivity contribution in [2.45, 2.75) is 64.0 Å². The van der Waals surface area contributed by atoms with Crippen LogP contribution in [0.25, 0.3) is 0 Å². The van der Waals surface area contributed by atoms with Gasteiger partial charge in [-0.2, -0.15) is 31.6 Å². The number of ether oxygens (including phenoxy) is 2. The van der Waals surface area contributed by atoms with Crippen LogP contribution in [0.5, 0.6) is 0 Å². The van der Waals surface area contributed by atoms with E-state index in [9.17, 15) is 41.2 Å². The third-order valence-electron chi connectivity index (χ3n) is 4.55. The van der Waals surface area contributed by atoms with E-state index in [0.29, 0.717) is 25.7 Å². The number of halogens is 6. The molecule has 15 heteroatoms. The molecular weight excluding hydrogens is 470 g/mol. The average molecular weight is 494 g/mol. The Morgan fingerprint density at radius 2 is 1.55 bits per heavy atom. The van der Waals surface area contributed by atoms with Crippen molar-refractivity contribution in [3.05, 3.63) is 0 Å². The van der Waals surface area contributed by atoms with Crippen molar-refractivity contribution >= 4 is 17.9 Å². The average Bonchev–Trinajstić information content (AvgIpc) is 3.05. The van der Waals surface area contributed by atoms with Gasteiger partial charge in [0.25, 0.3) is 0 Å². The standard InChI is InChI=1S/C16H23F3N2O5.C2HF3O2/c1-15(2,5-6-25-7-8-26-14(24)16(17,18)19)9-11-3-4-12(13(22)23)21(11)10-20;3-2(4,5)1(6)7/h11-12H,3-9H2,1-2H3,(H,22,23);(H,6,7). The molecule has 0 aromatic heterocycles. The minimum absolute atomic E-state index is 0.146. The number of carbonyl (C=O) groups excluding carboxylic acids is 1. The van der Waals surface area contributed by atoms with Crippen molar-refractivity contribution in [1.29, 1.82) is 5.26 Å². The molecule has 33 heavy (non-hydrogen) atoms. The monoisotopic (exact) mass is 494 g/mol. The minimum atomic E-state index is -5.08. The number of carboxylic acid groups (broad SMARTS) is 2. The molecule has 0 saturated carbocycles. The molecule has 2 unspecified atom stereocenters.